The maximum Gasteiger partial charge on any atom is 0.193 e. The molecule has 2 heterocycles. The van der Waals surface area contributed by atoms with Crippen LogP contribution in [0, 0.1) is 6.92 Å². The van der Waals surface area contributed by atoms with Gasteiger partial charge < -0.3 is 10.2 Å². The zero-order valence-electron chi connectivity index (χ0n) is 15.5. The van der Waals surface area contributed by atoms with E-state index in [1.807, 2.05) is 13.2 Å². The summed E-state index contributed by atoms with van der Waals surface area (Å²) < 4.78 is 0. The highest BCUT2D eigenvalue weighted by atomic mass is 127. The number of benzene rings is 1. The zero-order chi connectivity index (χ0) is 17.5. The molecule has 26 heavy (non-hydrogen) atoms. The lowest BCUT2D eigenvalue weighted by Crippen LogP contribution is -2.52. The van der Waals surface area contributed by atoms with E-state index in [9.17, 15) is 0 Å². The highest BCUT2D eigenvalue weighted by Gasteiger charge is 2.19. The molecule has 2 aromatic rings. The van der Waals surface area contributed by atoms with Crippen LogP contribution < -0.4 is 5.32 Å². The van der Waals surface area contributed by atoms with Crippen LogP contribution in [0.4, 0.5) is 0 Å². The monoisotopic (exact) mass is 485 g/mol. The van der Waals surface area contributed by atoms with E-state index in [0.29, 0.717) is 0 Å². The minimum Gasteiger partial charge on any atom is -0.356 e. The molecule has 0 aliphatic carbocycles. The first kappa shape index (κ1) is 21.1. The van der Waals surface area contributed by atoms with Crippen molar-refractivity contribution in [2.75, 3.05) is 39.8 Å². The van der Waals surface area contributed by atoms with E-state index < -0.39 is 0 Å². The Kier molecular flexibility index (Phi) is 8.80. The van der Waals surface area contributed by atoms with E-state index in [4.69, 9.17) is 0 Å². The van der Waals surface area contributed by atoms with E-state index >= 15 is 0 Å². The van der Waals surface area contributed by atoms with Crippen molar-refractivity contribution in [1.82, 2.24) is 20.1 Å². The van der Waals surface area contributed by atoms with Gasteiger partial charge in [-0.2, -0.15) is 0 Å². The number of hydrogen-bond acceptors (Lipinski definition) is 4. The van der Waals surface area contributed by atoms with Crippen LogP contribution in [0.1, 0.15) is 15.4 Å². The minimum absolute atomic E-state index is 0. The fraction of sp³-hybridized carbons (Fsp3) is 0.474. The number of piperazine rings is 1. The summed E-state index contributed by atoms with van der Waals surface area (Å²) in [5, 5.41) is 4.67. The Bertz CT molecular complexity index is 680. The van der Waals surface area contributed by atoms with Crippen LogP contribution in [-0.2, 0) is 13.0 Å². The number of nitrogens with zero attached hydrogens (tertiary/aromatic N) is 4. The molecular formula is C19H28IN5S. The topological polar surface area (TPSA) is 43.8 Å². The van der Waals surface area contributed by atoms with E-state index in [0.717, 1.165) is 51.6 Å². The lowest BCUT2D eigenvalue weighted by atomic mass is 10.2. The maximum atomic E-state index is 4.45. The SMILES string of the molecule is CN=C(NCCc1ncc(C)s1)N1CCN(Cc2ccccc2)CC1.I. The first-order valence-electron chi connectivity index (χ1n) is 8.88. The molecule has 0 radical (unpaired) electrons. The second-order valence-electron chi connectivity index (χ2n) is 6.34. The second-order valence-corrected chi connectivity index (χ2v) is 7.66. The van der Waals surface area contributed by atoms with Gasteiger partial charge in [-0.15, -0.1) is 35.3 Å². The normalized spacial score (nSPS) is 15.6. The number of aromatic nitrogens is 1. The Labute approximate surface area is 177 Å². The summed E-state index contributed by atoms with van der Waals surface area (Å²) in [7, 11) is 1.87. The number of rotatable bonds is 5. The molecule has 7 heteroatoms. The Hall–Kier alpha value is -1.19. The number of halogens is 1. The van der Waals surface area contributed by atoms with Crippen LogP contribution >= 0.6 is 35.3 Å². The van der Waals surface area contributed by atoms with Crippen molar-refractivity contribution in [1.29, 1.82) is 0 Å². The molecule has 142 valence electrons. The molecule has 1 aliphatic heterocycles. The molecule has 5 nitrogen and oxygen atoms in total. The van der Waals surface area contributed by atoms with Crippen LogP contribution in [0.15, 0.2) is 41.5 Å². The van der Waals surface area contributed by atoms with Crippen molar-refractivity contribution < 1.29 is 0 Å². The standard InChI is InChI=1S/C19H27N5S.HI/c1-16-14-22-18(25-16)8-9-21-19(20-2)24-12-10-23(11-13-24)15-17-6-4-3-5-7-17;/h3-7,14H,8-13,15H2,1-2H3,(H,20,21);1H. The highest BCUT2D eigenvalue weighted by Crippen LogP contribution is 2.11. The number of guanidine groups is 1. The largest absolute Gasteiger partial charge is 0.356 e. The van der Waals surface area contributed by atoms with Gasteiger partial charge in [0.1, 0.15) is 0 Å². The van der Waals surface area contributed by atoms with Gasteiger partial charge in [-0.3, -0.25) is 9.89 Å². The summed E-state index contributed by atoms with van der Waals surface area (Å²) in [5.41, 5.74) is 1.39. The summed E-state index contributed by atoms with van der Waals surface area (Å²) in [6.45, 7) is 8.19. The molecule has 1 fully saturated rings. The van der Waals surface area contributed by atoms with Gasteiger partial charge in [0.25, 0.3) is 0 Å². The molecule has 0 atom stereocenters. The molecule has 3 rings (SSSR count). The van der Waals surface area contributed by atoms with Crippen molar-refractivity contribution in [2.45, 2.75) is 19.9 Å². The summed E-state index contributed by atoms with van der Waals surface area (Å²) >= 11 is 1.77. The number of nitrogens with one attached hydrogen (secondary N) is 1. The summed E-state index contributed by atoms with van der Waals surface area (Å²) in [6.07, 6.45) is 2.90. The predicted molar refractivity (Wildman–Crippen MR) is 121 cm³/mol. The van der Waals surface area contributed by atoms with E-state index in [1.165, 1.54) is 15.4 Å². The van der Waals surface area contributed by atoms with E-state index in [-0.39, 0.29) is 24.0 Å². The number of aliphatic imine (C=N–C) groups is 1. The fourth-order valence-corrected chi connectivity index (χ4v) is 3.88. The number of thiazole rings is 1. The summed E-state index contributed by atoms with van der Waals surface area (Å²) in [5.74, 6) is 1.01. The van der Waals surface area contributed by atoms with Gasteiger partial charge in [0.2, 0.25) is 0 Å². The van der Waals surface area contributed by atoms with Crippen LogP contribution in [0.2, 0.25) is 0 Å². The zero-order valence-corrected chi connectivity index (χ0v) is 18.7. The third-order valence-electron chi connectivity index (χ3n) is 4.42. The van der Waals surface area contributed by atoms with Gasteiger partial charge in [0.05, 0.1) is 5.01 Å². The molecule has 0 amide bonds. The first-order valence-corrected chi connectivity index (χ1v) is 9.69. The fourth-order valence-electron chi connectivity index (χ4n) is 3.09. The van der Waals surface area contributed by atoms with Crippen LogP contribution in [0.25, 0.3) is 0 Å². The molecule has 0 unspecified atom stereocenters. The van der Waals surface area contributed by atoms with Gasteiger partial charge in [-0.1, -0.05) is 30.3 Å². The molecule has 0 bridgehead atoms. The smallest absolute Gasteiger partial charge is 0.193 e. The predicted octanol–water partition coefficient (Wildman–Crippen LogP) is 3.01. The van der Waals surface area contributed by atoms with Crippen LogP contribution in [-0.4, -0.2) is 60.5 Å². The lowest BCUT2D eigenvalue weighted by molar-refractivity contribution is 0.172. The van der Waals surface area contributed by atoms with Gasteiger partial charge in [-0.25, -0.2) is 4.98 Å². The van der Waals surface area contributed by atoms with Crippen LogP contribution in [0.5, 0.6) is 0 Å². The van der Waals surface area contributed by atoms with Crippen molar-refractivity contribution in [3.63, 3.8) is 0 Å². The third-order valence-corrected chi connectivity index (χ3v) is 5.40. The molecule has 0 saturated carbocycles. The lowest BCUT2D eigenvalue weighted by Gasteiger charge is -2.36. The van der Waals surface area contributed by atoms with Crippen molar-refractivity contribution in [3.05, 3.63) is 52.0 Å². The third kappa shape index (κ3) is 6.21. The van der Waals surface area contributed by atoms with Gasteiger partial charge >= 0.3 is 0 Å². The first-order chi connectivity index (χ1) is 12.2. The molecular weight excluding hydrogens is 457 g/mol. The molecule has 1 aliphatic rings. The van der Waals surface area contributed by atoms with E-state index in [2.05, 4.69) is 62.3 Å². The number of aryl methyl sites for hydroxylation is 1. The molecule has 1 saturated heterocycles. The van der Waals surface area contributed by atoms with Crippen molar-refractivity contribution in [2.24, 2.45) is 4.99 Å². The highest BCUT2D eigenvalue weighted by molar-refractivity contribution is 14.0. The molecule has 1 N–H and O–H groups in total. The Balaban J connectivity index is 0.00000243. The van der Waals surface area contributed by atoms with Gasteiger partial charge in [0.15, 0.2) is 5.96 Å². The second kappa shape index (κ2) is 10.8. The van der Waals surface area contributed by atoms with Crippen LogP contribution in [0.3, 0.4) is 0 Å². The molecule has 1 aromatic carbocycles. The van der Waals surface area contributed by atoms with Gasteiger partial charge in [-0.05, 0) is 12.5 Å². The number of hydrogen-bond donors (Lipinski definition) is 1. The Morgan fingerprint density at radius 2 is 1.92 bits per heavy atom. The Morgan fingerprint density at radius 3 is 2.54 bits per heavy atom. The van der Waals surface area contributed by atoms with Crippen molar-refractivity contribution >= 4 is 41.3 Å². The van der Waals surface area contributed by atoms with Gasteiger partial charge in [0, 0.05) is 63.8 Å². The summed E-state index contributed by atoms with van der Waals surface area (Å²) in [4.78, 5) is 15.0. The maximum absolute atomic E-state index is 4.45. The van der Waals surface area contributed by atoms with Crippen molar-refractivity contribution in [3.8, 4) is 0 Å². The summed E-state index contributed by atoms with van der Waals surface area (Å²) in [6, 6.07) is 10.7. The molecule has 0 spiro atoms. The average Bonchev–Trinajstić information content (AvgIpc) is 3.06. The van der Waals surface area contributed by atoms with E-state index in [1.54, 1.807) is 11.3 Å². The molecule has 1 aromatic heterocycles. The Morgan fingerprint density at radius 1 is 1.19 bits per heavy atom. The quantitative estimate of drug-likeness (QED) is 0.402. The average molecular weight is 485 g/mol. The minimum atomic E-state index is 0.